The van der Waals surface area contributed by atoms with Crippen molar-refractivity contribution in [1.82, 2.24) is 10.4 Å². The van der Waals surface area contributed by atoms with E-state index in [-0.39, 0.29) is 31.3 Å². The van der Waals surface area contributed by atoms with E-state index in [2.05, 4.69) is 19.2 Å². The van der Waals surface area contributed by atoms with Crippen LogP contribution in [0.1, 0.15) is 81.3 Å². The van der Waals surface area contributed by atoms with E-state index < -0.39 is 17.8 Å². The zero-order valence-electron chi connectivity index (χ0n) is 24.6. The third-order valence-electron chi connectivity index (χ3n) is 6.71. The quantitative estimate of drug-likeness (QED) is 0.273. The Labute approximate surface area is 238 Å². The number of hydrogen-bond donors (Lipinski definition) is 1. The maximum Gasteiger partial charge on any atom is 0.528 e. The summed E-state index contributed by atoms with van der Waals surface area (Å²) >= 11 is 0. The van der Waals surface area contributed by atoms with Crippen molar-refractivity contribution in [2.45, 2.75) is 84.2 Å². The van der Waals surface area contributed by atoms with Gasteiger partial charge in [0, 0.05) is 19.2 Å². The first-order chi connectivity index (χ1) is 19.1. The van der Waals surface area contributed by atoms with E-state index in [0.29, 0.717) is 30.9 Å². The number of ether oxygens (including phenoxy) is 4. The highest BCUT2D eigenvalue weighted by atomic mass is 16.8. The molecule has 0 aliphatic carbocycles. The van der Waals surface area contributed by atoms with Crippen LogP contribution < -0.4 is 10.1 Å². The highest BCUT2D eigenvalue weighted by Gasteiger charge is 2.32. The molecule has 1 aliphatic heterocycles. The normalized spacial score (nSPS) is 18.9. The van der Waals surface area contributed by atoms with Gasteiger partial charge in [-0.2, -0.15) is 0 Å². The maximum absolute atomic E-state index is 13.6. The number of nitrogens with one attached hydrogen (secondary N) is 1. The van der Waals surface area contributed by atoms with E-state index in [0.717, 1.165) is 24.0 Å². The number of rotatable bonds is 11. The summed E-state index contributed by atoms with van der Waals surface area (Å²) in [5, 5.41) is 4.71. The molecule has 2 aromatic rings. The summed E-state index contributed by atoms with van der Waals surface area (Å²) in [5.41, 5.74) is 1.83. The van der Waals surface area contributed by atoms with Crippen LogP contribution in [0.25, 0.3) is 0 Å². The van der Waals surface area contributed by atoms with Crippen LogP contribution in [0.4, 0.5) is 4.79 Å². The second kappa shape index (κ2) is 15.0. The molecule has 220 valence electrons. The van der Waals surface area contributed by atoms with Gasteiger partial charge in [0.15, 0.2) is 6.79 Å². The van der Waals surface area contributed by atoms with Crippen LogP contribution in [0, 0.1) is 0 Å². The molecule has 1 aliphatic rings. The van der Waals surface area contributed by atoms with E-state index in [9.17, 15) is 9.59 Å². The zero-order valence-corrected chi connectivity index (χ0v) is 24.6. The van der Waals surface area contributed by atoms with Gasteiger partial charge in [-0.25, -0.2) is 4.79 Å². The summed E-state index contributed by atoms with van der Waals surface area (Å²) in [6.45, 7) is 10.8. The Hall–Kier alpha value is -3.14. The smallest absolute Gasteiger partial charge is 0.467 e. The molecular weight excluding hydrogens is 512 g/mol. The lowest BCUT2D eigenvalue weighted by molar-refractivity contribution is -0.145. The van der Waals surface area contributed by atoms with Gasteiger partial charge in [0.2, 0.25) is 0 Å². The fraction of sp³-hybridized carbons (Fsp3) is 0.548. The number of hydroxylamine groups is 2. The lowest BCUT2D eigenvalue weighted by Crippen LogP contribution is -2.50. The van der Waals surface area contributed by atoms with Crippen LogP contribution in [0.5, 0.6) is 5.75 Å². The minimum atomic E-state index is -0.772. The van der Waals surface area contributed by atoms with E-state index in [1.54, 1.807) is 39.0 Å². The number of amides is 1. The second-order valence-corrected chi connectivity index (χ2v) is 11.1. The average molecular weight is 557 g/mol. The van der Waals surface area contributed by atoms with E-state index >= 15 is 0 Å². The fourth-order valence-electron chi connectivity index (χ4n) is 4.47. The van der Waals surface area contributed by atoms with Crippen LogP contribution in [0.2, 0.25) is 0 Å². The molecule has 40 heavy (non-hydrogen) atoms. The Bertz CT molecular complexity index is 1090. The van der Waals surface area contributed by atoms with Crippen LogP contribution in [-0.2, 0) is 25.7 Å². The second-order valence-electron chi connectivity index (χ2n) is 11.1. The number of carbonyl (C=O) groups is 2. The largest absolute Gasteiger partial charge is 0.528 e. The van der Waals surface area contributed by atoms with Crippen LogP contribution in [0.15, 0.2) is 48.5 Å². The van der Waals surface area contributed by atoms with E-state index in [1.165, 1.54) is 0 Å². The lowest BCUT2D eigenvalue weighted by atomic mass is 9.95. The first-order valence-electron chi connectivity index (χ1n) is 14.0. The predicted molar refractivity (Wildman–Crippen MR) is 152 cm³/mol. The summed E-state index contributed by atoms with van der Waals surface area (Å²) < 4.78 is 22.5. The number of benzene rings is 2. The third-order valence-corrected chi connectivity index (χ3v) is 6.71. The van der Waals surface area contributed by atoms with Gasteiger partial charge in [0.25, 0.3) is 5.91 Å². The van der Waals surface area contributed by atoms with Gasteiger partial charge in [-0.3, -0.25) is 4.79 Å². The van der Waals surface area contributed by atoms with Crippen molar-refractivity contribution in [2.75, 3.05) is 27.0 Å². The first kappa shape index (κ1) is 31.4. The van der Waals surface area contributed by atoms with Crippen LogP contribution in [0.3, 0.4) is 0 Å². The minimum Gasteiger partial charge on any atom is -0.467 e. The van der Waals surface area contributed by atoms with Crippen molar-refractivity contribution in [1.29, 1.82) is 0 Å². The van der Waals surface area contributed by atoms with Crippen molar-refractivity contribution < 1.29 is 33.4 Å². The molecule has 2 aromatic carbocycles. The van der Waals surface area contributed by atoms with E-state index in [4.69, 9.17) is 23.8 Å². The highest BCUT2D eigenvalue weighted by molar-refractivity contribution is 5.95. The van der Waals surface area contributed by atoms with Gasteiger partial charge in [-0.15, -0.1) is 5.06 Å². The van der Waals surface area contributed by atoms with Crippen molar-refractivity contribution in [3.63, 3.8) is 0 Å². The molecule has 0 spiro atoms. The number of carbonyl (C=O) groups excluding carboxylic acids is 2. The minimum absolute atomic E-state index is 0.130. The number of methoxy groups -OCH3 is 1. The van der Waals surface area contributed by atoms with Crippen LogP contribution >= 0.6 is 0 Å². The third kappa shape index (κ3) is 9.80. The molecule has 1 fully saturated rings. The molecule has 1 amide bonds. The summed E-state index contributed by atoms with van der Waals surface area (Å²) in [6, 6.07) is 14.9. The molecule has 1 heterocycles. The van der Waals surface area contributed by atoms with Gasteiger partial charge in [0.1, 0.15) is 11.4 Å². The van der Waals surface area contributed by atoms with Crippen molar-refractivity contribution in [3.05, 3.63) is 65.2 Å². The number of hydrogen-bond acceptors (Lipinski definition) is 8. The van der Waals surface area contributed by atoms with Crippen molar-refractivity contribution >= 4 is 12.1 Å². The summed E-state index contributed by atoms with van der Waals surface area (Å²) in [5.74, 6) is 0.653. The molecule has 9 heteroatoms. The highest BCUT2D eigenvalue weighted by Crippen LogP contribution is 2.30. The van der Waals surface area contributed by atoms with Gasteiger partial charge in [0.05, 0.1) is 25.3 Å². The molecule has 0 saturated carbocycles. The molecule has 3 rings (SSSR count). The van der Waals surface area contributed by atoms with Crippen molar-refractivity contribution in [3.8, 4) is 5.75 Å². The molecule has 1 saturated heterocycles. The average Bonchev–Trinajstić information content (AvgIpc) is 3.10. The molecule has 1 N–H and O–H groups in total. The molecular formula is C31H44N2O7. The SMILES string of the molecule is CCC(C)c1cc(C(=O)N[C@@H]2CN(OC(=O)OC(C)(C)C)CCC[C@H]2OCc2ccccc2)ccc1OCOC. The Morgan fingerprint density at radius 2 is 1.88 bits per heavy atom. The van der Waals surface area contributed by atoms with Crippen molar-refractivity contribution in [2.24, 2.45) is 0 Å². The Morgan fingerprint density at radius 3 is 2.55 bits per heavy atom. The first-order valence-corrected chi connectivity index (χ1v) is 14.0. The zero-order chi connectivity index (χ0) is 29.1. The summed E-state index contributed by atoms with van der Waals surface area (Å²) in [7, 11) is 1.57. The molecule has 3 atom stereocenters. The monoisotopic (exact) mass is 556 g/mol. The molecule has 0 bridgehead atoms. The molecule has 9 nitrogen and oxygen atoms in total. The molecule has 0 aromatic heterocycles. The summed E-state index contributed by atoms with van der Waals surface area (Å²) in [4.78, 5) is 31.5. The van der Waals surface area contributed by atoms with Gasteiger partial charge in [-0.05, 0) is 75.3 Å². The Balaban J connectivity index is 1.80. The van der Waals surface area contributed by atoms with Crippen LogP contribution in [-0.4, -0.2) is 61.9 Å². The number of nitrogens with zero attached hydrogens (tertiary/aromatic N) is 1. The molecule has 0 radical (unpaired) electrons. The van der Waals surface area contributed by atoms with Gasteiger partial charge in [-0.1, -0.05) is 44.2 Å². The molecule has 1 unspecified atom stereocenters. The summed E-state index contributed by atoms with van der Waals surface area (Å²) in [6.07, 6.45) is 1.25. The predicted octanol–water partition coefficient (Wildman–Crippen LogP) is 5.83. The van der Waals surface area contributed by atoms with Gasteiger partial charge < -0.3 is 29.1 Å². The maximum atomic E-state index is 13.6. The van der Waals surface area contributed by atoms with E-state index in [1.807, 2.05) is 42.5 Å². The topological polar surface area (TPSA) is 95.6 Å². The Kier molecular flexibility index (Phi) is 11.8. The van der Waals surface area contributed by atoms with Gasteiger partial charge >= 0.3 is 6.16 Å². The standard InChI is InChI=1S/C31H44N2O7/c1-7-22(2)25-18-24(15-16-27(25)38-21-36-6)29(34)32-26-19-33(40-30(35)39-31(3,4)5)17-11-14-28(26)37-20-23-12-9-8-10-13-23/h8-10,12-13,15-16,18,22,26,28H,7,11,14,17,19-21H2,1-6H3,(H,32,34)/t22?,26-,28-/m1/s1. The lowest BCUT2D eigenvalue weighted by Gasteiger charge is -2.29. The fourth-order valence-corrected chi connectivity index (χ4v) is 4.47. The Morgan fingerprint density at radius 1 is 1.12 bits per heavy atom.